The maximum absolute atomic E-state index is 13.3. The Labute approximate surface area is 168 Å². The number of anilines is 1. The fraction of sp³-hybridized carbons (Fsp3) is 0.400. The second kappa shape index (κ2) is 7.43. The molecule has 1 aromatic carbocycles. The van der Waals surface area contributed by atoms with Gasteiger partial charge < -0.3 is 9.64 Å². The second-order valence-corrected chi connectivity index (χ2v) is 7.64. The van der Waals surface area contributed by atoms with E-state index in [1.807, 2.05) is 37.1 Å². The molecule has 0 spiro atoms. The van der Waals surface area contributed by atoms with Gasteiger partial charge in [0, 0.05) is 23.5 Å². The number of rotatable bonds is 4. The average Bonchev–Trinajstić information content (AvgIpc) is 3.13. The van der Waals surface area contributed by atoms with Crippen LogP contribution in [0.15, 0.2) is 23.4 Å². The van der Waals surface area contributed by atoms with Crippen LogP contribution < -0.4 is 9.64 Å². The van der Waals surface area contributed by atoms with E-state index in [1.165, 1.54) is 11.8 Å². The highest BCUT2D eigenvalue weighted by Crippen LogP contribution is 2.36. The Kier molecular flexibility index (Phi) is 4.97. The van der Waals surface area contributed by atoms with Gasteiger partial charge in [-0.15, -0.1) is 5.10 Å². The largest absolute Gasteiger partial charge is 0.495 e. The highest BCUT2D eigenvalue weighted by molar-refractivity contribution is 7.98. The predicted molar refractivity (Wildman–Crippen MR) is 109 cm³/mol. The van der Waals surface area contributed by atoms with E-state index >= 15 is 0 Å². The zero-order chi connectivity index (χ0) is 19.8. The van der Waals surface area contributed by atoms with Crippen molar-refractivity contribution in [3.05, 3.63) is 40.7 Å². The van der Waals surface area contributed by atoms with E-state index < -0.39 is 0 Å². The maximum Gasteiger partial charge on any atom is 0.253 e. The van der Waals surface area contributed by atoms with Gasteiger partial charge in [0.15, 0.2) is 0 Å². The van der Waals surface area contributed by atoms with Crippen molar-refractivity contribution in [3.8, 4) is 5.75 Å². The van der Waals surface area contributed by atoms with Crippen LogP contribution in [0.2, 0.25) is 0 Å². The van der Waals surface area contributed by atoms with E-state index in [9.17, 15) is 4.79 Å². The number of fused-ring (bicyclic) bond motifs is 2. The number of ether oxygens (including phenoxy) is 1. The molecule has 0 unspecified atom stereocenters. The van der Waals surface area contributed by atoms with Crippen LogP contribution in [0, 0.1) is 13.8 Å². The molecule has 0 bridgehead atoms. The minimum absolute atomic E-state index is 0.0444. The summed E-state index contributed by atoms with van der Waals surface area (Å²) < 4.78 is 7.26. The zero-order valence-corrected chi connectivity index (χ0v) is 17.3. The first-order valence-corrected chi connectivity index (χ1v) is 10.5. The molecule has 1 aliphatic heterocycles. The topological polar surface area (TPSA) is 72.6 Å². The van der Waals surface area contributed by atoms with Gasteiger partial charge >= 0.3 is 0 Å². The molecule has 3 aromatic rings. The molecule has 0 aliphatic carbocycles. The van der Waals surface area contributed by atoms with Crippen LogP contribution in [0.4, 0.5) is 5.69 Å². The standard InChI is InChI=1S/C20H23N5O2S/c1-12-15(13(2)25-19(21-12)22-20(23-25)28-4)11-17(26)24-10-6-8-14-7-5-9-16(27-3)18(14)24/h5,7,9H,6,8,10-11H2,1-4H3. The summed E-state index contributed by atoms with van der Waals surface area (Å²) in [6.07, 6.45) is 4.11. The quantitative estimate of drug-likeness (QED) is 0.630. The number of methoxy groups -OCH3 is 1. The van der Waals surface area contributed by atoms with Gasteiger partial charge in [-0.3, -0.25) is 4.79 Å². The lowest BCUT2D eigenvalue weighted by atomic mass is 9.99. The molecule has 0 radical (unpaired) electrons. The van der Waals surface area contributed by atoms with E-state index in [2.05, 4.69) is 21.1 Å². The highest BCUT2D eigenvalue weighted by atomic mass is 32.2. The lowest BCUT2D eigenvalue weighted by Crippen LogP contribution is -2.37. The molecular weight excluding hydrogens is 374 g/mol. The highest BCUT2D eigenvalue weighted by Gasteiger charge is 2.27. The smallest absolute Gasteiger partial charge is 0.253 e. The second-order valence-electron chi connectivity index (χ2n) is 6.87. The zero-order valence-electron chi connectivity index (χ0n) is 16.5. The molecule has 8 heteroatoms. The first-order chi connectivity index (χ1) is 13.5. The van der Waals surface area contributed by atoms with Crippen molar-refractivity contribution in [3.63, 3.8) is 0 Å². The molecule has 7 nitrogen and oxygen atoms in total. The number of carbonyl (C=O) groups excluding carboxylic acids is 1. The van der Waals surface area contributed by atoms with Crippen molar-refractivity contribution in [1.29, 1.82) is 0 Å². The fourth-order valence-electron chi connectivity index (χ4n) is 3.81. The Balaban J connectivity index is 1.71. The average molecular weight is 398 g/mol. The van der Waals surface area contributed by atoms with Crippen molar-refractivity contribution in [1.82, 2.24) is 19.6 Å². The van der Waals surface area contributed by atoms with E-state index in [1.54, 1.807) is 11.6 Å². The molecule has 0 atom stereocenters. The third-order valence-electron chi connectivity index (χ3n) is 5.24. The maximum atomic E-state index is 13.3. The molecular formula is C20H23N5O2S. The third kappa shape index (κ3) is 3.11. The van der Waals surface area contributed by atoms with Crippen molar-refractivity contribution >= 4 is 29.1 Å². The lowest BCUT2D eigenvalue weighted by Gasteiger charge is -2.31. The SMILES string of the molecule is COc1cccc2c1N(C(=O)Cc1c(C)nc3nc(SC)nn3c1C)CCC2. The Bertz CT molecular complexity index is 1050. The van der Waals surface area contributed by atoms with Gasteiger partial charge in [0.1, 0.15) is 5.75 Å². The van der Waals surface area contributed by atoms with E-state index in [0.29, 0.717) is 17.5 Å². The van der Waals surface area contributed by atoms with Gasteiger partial charge in [-0.25, -0.2) is 9.50 Å². The van der Waals surface area contributed by atoms with Gasteiger partial charge in [0.2, 0.25) is 11.1 Å². The number of para-hydroxylation sites is 1. The predicted octanol–water partition coefficient (Wildman–Crippen LogP) is 2.99. The number of nitrogens with zero attached hydrogens (tertiary/aromatic N) is 5. The van der Waals surface area contributed by atoms with Crippen LogP contribution in [0.1, 0.15) is 28.9 Å². The van der Waals surface area contributed by atoms with Gasteiger partial charge in [-0.2, -0.15) is 4.98 Å². The fourth-order valence-corrected chi connectivity index (χ4v) is 4.14. The Hall–Kier alpha value is -2.61. The normalized spacial score (nSPS) is 13.6. The van der Waals surface area contributed by atoms with Gasteiger partial charge in [0.25, 0.3) is 5.78 Å². The number of amides is 1. The van der Waals surface area contributed by atoms with Gasteiger partial charge in [-0.1, -0.05) is 23.9 Å². The van der Waals surface area contributed by atoms with Crippen LogP contribution in [0.3, 0.4) is 0 Å². The van der Waals surface area contributed by atoms with E-state index in [-0.39, 0.29) is 12.3 Å². The van der Waals surface area contributed by atoms with E-state index in [0.717, 1.165) is 46.8 Å². The van der Waals surface area contributed by atoms with Crippen molar-refractivity contribution < 1.29 is 9.53 Å². The Morgan fingerprint density at radius 2 is 2.11 bits per heavy atom. The molecule has 0 saturated carbocycles. The van der Waals surface area contributed by atoms with Crippen molar-refractivity contribution in [2.75, 3.05) is 24.8 Å². The lowest BCUT2D eigenvalue weighted by molar-refractivity contribution is -0.118. The number of carbonyl (C=O) groups is 1. The molecule has 2 aromatic heterocycles. The van der Waals surface area contributed by atoms with Crippen LogP contribution in [-0.2, 0) is 17.6 Å². The Morgan fingerprint density at radius 1 is 1.29 bits per heavy atom. The number of hydrogen-bond donors (Lipinski definition) is 0. The van der Waals surface area contributed by atoms with Crippen LogP contribution >= 0.6 is 11.8 Å². The minimum Gasteiger partial charge on any atom is -0.495 e. The first-order valence-electron chi connectivity index (χ1n) is 9.26. The summed E-state index contributed by atoms with van der Waals surface area (Å²) in [6, 6.07) is 5.96. The number of thioether (sulfide) groups is 1. The minimum atomic E-state index is 0.0444. The molecule has 1 aliphatic rings. The van der Waals surface area contributed by atoms with E-state index in [4.69, 9.17) is 4.74 Å². The summed E-state index contributed by atoms with van der Waals surface area (Å²) in [5.74, 6) is 1.36. The summed E-state index contributed by atoms with van der Waals surface area (Å²) in [7, 11) is 1.65. The van der Waals surface area contributed by atoms with Crippen molar-refractivity contribution in [2.24, 2.45) is 0 Å². The first kappa shape index (κ1) is 18.7. The van der Waals surface area contributed by atoms with Crippen molar-refractivity contribution in [2.45, 2.75) is 38.3 Å². The molecule has 3 heterocycles. The Morgan fingerprint density at radius 3 is 2.86 bits per heavy atom. The molecule has 0 N–H and O–H groups in total. The molecule has 0 fully saturated rings. The number of hydrogen-bond acceptors (Lipinski definition) is 6. The van der Waals surface area contributed by atoms with Gasteiger partial charge in [-0.05, 0) is 44.6 Å². The molecule has 4 rings (SSSR count). The summed E-state index contributed by atoms with van der Waals surface area (Å²) >= 11 is 1.48. The molecule has 1 amide bonds. The number of aryl methyl sites for hydroxylation is 3. The summed E-state index contributed by atoms with van der Waals surface area (Å²) in [5.41, 5.74) is 4.67. The van der Waals surface area contributed by atoms with Crippen LogP contribution in [0.5, 0.6) is 5.75 Å². The van der Waals surface area contributed by atoms with Gasteiger partial charge in [0.05, 0.1) is 19.2 Å². The number of aromatic nitrogens is 4. The monoisotopic (exact) mass is 397 g/mol. The molecule has 0 saturated heterocycles. The summed E-state index contributed by atoms with van der Waals surface area (Å²) in [5, 5.41) is 5.15. The summed E-state index contributed by atoms with van der Waals surface area (Å²) in [4.78, 5) is 24.1. The molecule has 146 valence electrons. The van der Waals surface area contributed by atoms with Crippen LogP contribution in [0.25, 0.3) is 5.78 Å². The number of benzene rings is 1. The van der Waals surface area contributed by atoms with Crippen LogP contribution in [-0.4, -0.2) is 45.4 Å². The third-order valence-corrected chi connectivity index (χ3v) is 5.78. The molecule has 28 heavy (non-hydrogen) atoms. The summed E-state index contributed by atoms with van der Waals surface area (Å²) in [6.45, 7) is 4.58.